The van der Waals surface area contributed by atoms with Crippen molar-refractivity contribution < 1.29 is 32.2 Å². The van der Waals surface area contributed by atoms with Crippen LogP contribution in [0.25, 0.3) is 0 Å². The van der Waals surface area contributed by atoms with Crippen molar-refractivity contribution in [2.75, 3.05) is 7.11 Å². The van der Waals surface area contributed by atoms with Crippen LogP contribution in [0.5, 0.6) is 5.75 Å². The van der Waals surface area contributed by atoms with Crippen molar-refractivity contribution in [1.29, 1.82) is 0 Å². The molecule has 0 atom stereocenters. The smallest absolute Gasteiger partial charge is 0.469 e. The van der Waals surface area contributed by atoms with Crippen LogP contribution in [0.3, 0.4) is 0 Å². The van der Waals surface area contributed by atoms with Crippen LogP contribution in [-0.2, 0) is 16.0 Å². The van der Waals surface area contributed by atoms with Crippen LogP contribution in [0.4, 0.5) is 13.2 Å². The molecule has 18 heavy (non-hydrogen) atoms. The maximum Gasteiger partial charge on any atom is 0.573 e. The van der Waals surface area contributed by atoms with E-state index < -0.39 is 18.1 Å². The lowest BCUT2D eigenvalue weighted by Gasteiger charge is -2.11. The maximum absolute atomic E-state index is 12.0. The highest BCUT2D eigenvalue weighted by Gasteiger charge is 2.31. The fourth-order valence-corrected chi connectivity index (χ4v) is 1.27. The molecule has 1 rings (SSSR count). The highest BCUT2D eigenvalue weighted by Crippen LogP contribution is 2.25. The van der Waals surface area contributed by atoms with E-state index in [1.54, 1.807) is 0 Å². The van der Waals surface area contributed by atoms with Crippen LogP contribution >= 0.6 is 0 Å². The number of carbonyl (C=O) groups is 2. The van der Waals surface area contributed by atoms with E-state index >= 15 is 0 Å². The van der Waals surface area contributed by atoms with E-state index in [-0.39, 0.29) is 17.5 Å². The highest BCUT2D eigenvalue weighted by atomic mass is 19.4. The van der Waals surface area contributed by atoms with Gasteiger partial charge in [-0.05, 0) is 23.8 Å². The second-order valence-electron chi connectivity index (χ2n) is 3.28. The van der Waals surface area contributed by atoms with Gasteiger partial charge < -0.3 is 9.47 Å². The molecule has 0 N–H and O–H groups in total. The molecule has 0 saturated carbocycles. The van der Waals surface area contributed by atoms with Crippen LogP contribution in [-0.4, -0.2) is 25.7 Å². The van der Waals surface area contributed by atoms with Crippen molar-refractivity contribution in [2.45, 2.75) is 12.8 Å². The third-order valence-corrected chi connectivity index (χ3v) is 2.04. The lowest BCUT2D eigenvalue weighted by molar-refractivity contribution is -0.274. The van der Waals surface area contributed by atoms with Crippen LogP contribution in [0.1, 0.15) is 15.9 Å². The van der Waals surface area contributed by atoms with Gasteiger partial charge in [0, 0.05) is 5.56 Å². The van der Waals surface area contributed by atoms with Gasteiger partial charge in [0.05, 0.1) is 13.5 Å². The van der Waals surface area contributed by atoms with Crippen LogP contribution in [0, 0.1) is 0 Å². The summed E-state index contributed by atoms with van der Waals surface area (Å²) in [6.45, 7) is 0. The summed E-state index contributed by atoms with van der Waals surface area (Å²) in [5, 5.41) is 0. The topological polar surface area (TPSA) is 52.6 Å². The van der Waals surface area contributed by atoms with Gasteiger partial charge in [-0.15, -0.1) is 13.2 Å². The summed E-state index contributed by atoms with van der Waals surface area (Å²) >= 11 is 0. The standard InChI is InChI=1S/C11H9F3O4/c1-17-10(16)5-8-4-9(18-11(12,13)14)3-2-7(8)6-15/h2-4,6H,5H2,1H3. The average molecular weight is 262 g/mol. The Hall–Kier alpha value is -2.05. The van der Waals surface area contributed by atoms with Gasteiger partial charge in [-0.2, -0.15) is 0 Å². The Morgan fingerprint density at radius 3 is 2.56 bits per heavy atom. The number of alkyl halides is 3. The number of carbonyl (C=O) groups excluding carboxylic acids is 2. The first-order chi connectivity index (χ1) is 8.35. The number of rotatable bonds is 4. The van der Waals surface area contributed by atoms with Gasteiger partial charge >= 0.3 is 12.3 Å². The molecule has 0 amide bonds. The first kappa shape index (κ1) is 14.0. The summed E-state index contributed by atoms with van der Waals surface area (Å²) in [5.41, 5.74) is 0.216. The quantitative estimate of drug-likeness (QED) is 0.616. The van der Waals surface area contributed by atoms with Gasteiger partial charge in [0.2, 0.25) is 0 Å². The van der Waals surface area contributed by atoms with E-state index in [4.69, 9.17) is 0 Å². The molecular formula is C11H9F3O4. The molecule has 0 fully saturated rings. The highest BCUT2D eigenvalue weighted by molar-refractivity contribution is 5.82. The summed E-state index contributed by atoms with van der Waals surface area (Å²) < 4.78 is 44.1. The zero-order valence-corrected chi connectivity index (χ0v) is 9.28. The number of ether oxygens (including phenoxy) is 2. The van der Waals surface area contributed by atoms with E-state index in [9.17, 15) is 22.8 Å². The number of benzene rings is 1. The fraction of sp³-hybridized carbons (Fsp3) is 0.273. The second-order valence-corrected chi connectivity index (χ2v) is 3.28. The molecule has 0 saturated heterocycles. The molecule has 0 aliphatic carbocycles. The molecule has 0 unspecified atom stereocenters. The number of hydrogen-bond acceptors (Lipinski definition) is 4. The van der Waals surface area contributed by atoms with Gasteiger partial charge in [0.15, 0.2) is 0 Å². The van der Waals surface area contributed by atoms with Crippen molar-refractivity contribution in [3.8, 4) is 5.75 Å². The molecule has 7 heteroatoms. The van der Waals surface area contributed by atoms with Gasteiger partial charge in [0.1, 0.15) is 12.0 Å². The minimum atomic E-state index is -4.83. The largest absolute Gasteiger partial charge is 0.573 e. The van der Waals surface area contributed by atoms with Gasteiger partial charge in [-0.25, -0.2) is 0 Å². The third kappa shape index (κ3) is 4.08. The number of aldehydes is 1. The predicted octanol–water partition coefficient (Wildman–Crippen LogP) is 2.11. The van der Waals surface area contributed by atoms with Gasteiger partial charge in [0.25, 0.3) is 0 Å². The van der Waals surface area contributed by atoms with E-state index in [0.717, 1.165) is 25.3 Å². The summed E-state index contributed by atoms with van der Waals surface area (Å²) in [4.78, 5) is 21.7. The Morgan fingerprint density at radius 2 is 2.06 bits per heavy atom. The molecular weight excluding hydrogens is 253 g/mol. The zero-order valence-electron chi connectivity index (χ0n) is 9.28. The normalized spacial score (nSPS) is 10.9. The monoisotopic (exact) mass is 262 g/mol. The number of methoxy groups -OCH3 is 1. The SMILES string of the molecule is COC(=O)Cc1cc(OC(F)(F)F)ccc1C=O. The number of esters is 1. The average Bonchev–Trinajstić information content (AvgIpc) is 2.27. The molecule has 0 aliphatic heterocycles. The molecule has 0 heterocycles. The molecule has 4 nitrogen and oxygen atoms in total. The third-order valence-electron chi connectivity index (χ3n) is 2.04. The molecule has 0 aromatic heterocycles. The molecule has 1 aromatic carbocycles. The van der Waals surface area contributed by atoms with Gasteiger partial charge in [-0.3, -0.25) is 9.59 Å². The van der Waals surface area contributed by atoms with Crippen molar-refractivity contribution in [2.24, 2.45) is 0 Å². The molecule has 0 radical (unpaired) electrons. The lowest BCUT2D eigenvalue weighted by atomic mass is 10.1. The minimum absolute atomic E-state index is 0.106. The first-order valence-electron chi connectivity index (χ1n) is 4.76. The van der Waals surface area contributed by atoms with Crippen molar-refractivity contribution in [1.82, 2.24) is 0 Å². The van der Waals surface area contributed by atoms with Crippen LogP contribution < -0.4 is 4.74 Å². The zero-order chi connectivity index (χ0) is 13.8. The Labute approximate surface area is 100 Å². The summed E-state index contributed by atoms with van der Waals surface area (Å²) in [6.07, 6.45) is -4.69. The summed E-state index contributed by atoms with van der Waals surface area (Å²) in [6, 6.07) is 3.12. The molecule has 0 aliphatic rings. The number of halogens is 3. The molecule has 98 valence electrons. The van der Waals surface area contributed by atoms with E-state index in [2.05, 4.69) is 9.47 Å². The summed E-state index contributed by atoms with van der Waals surface area (Å²) in [7, 11) is 1.14. The Bertz CT molecular complexity index is 454. The van der Waals surface area contributed by atoms with E-state index in [1.807, 2.05) is 0 Å². The van der Waals surface area contributed by atoms with Crippen molar-refractivity contribution in [3.63, 3.8) is 0 Å². The summed E-state index contributed by atoms with van der Waals surface area (Å²) in [5.74, 6) is -1.16. The second kappa shape index (κ2) is 5.52. The molecule has 0 bridgehead atoms. The maximum atomic E-state index is 12.0. The minimum Gasteiger partial charge on any atom is -0.469 e. The fourth-order valence-electron chi connectivity index (χ4n) is 1.27. The number of hydrogen-bond donors (Lipinski definition) is 0. The molecule has 0 spiro atoms. The predicted molar refractivity (Wildman–Crippen MR) is 54.2 cm³/mol. The lowest BCUT2D eigenvalue weighted by Crippen LogP contribution is -2.17. The Kier molecular flexibility index (Phi) is 4.30. The van der Waals surface area contributed by atoms with Gasteiger partial charge in [-0.1, -0.05) is 0 Å². The van der Waals surface area contributed by atoms with Crippen LogP contribution in [0.15, 0.2) is 18.2 Å². The Morgan fingerprint density at radius 1 is 1.39 bits per heavy atom. The van der Waals surface area contributed by atoms with Crippen molar-refractivity contribution >= 4 is 12.3 Å². The Balaban J connectivity index is 3.01. The van der Waals surface area contributed by atoms with E-state index in [0.29, 0.717) is 6.29 Å². The first-order valence-corrected chi connectivity index (χ1v) is 4.76. The molecule has 1 aromatic rings. The van der Waals surface area contributed by atoms with Crippen LogP contribution in [0.2, 0.25) is 0 Å². The van der Waals surface area contributed by atoms with Crippen molar-refractivity contribution in [3.05, 3.63) is 29.3 Å². The van der Waals surface area contributed by atoms with E-state index in [1.165, 1.54) is 0 Å².